The van der Waals surface area contributed by atoms with E-state index in [0.29, 0.717) is 36.4 Å². The minimum Gasteiger partial charge on any atom is -0.312 e. The monoisotopic (exact) mass is 414 g/mol. The number of rotatable bonds is 3. The third-order valence-electron chi connectivity index (χ3n) is 4.99. The molecule has 0 unspecified atom stereocenters. The predicted octanol–water partition coefficient (Wildman–Crippen LogP) is 3.17. The molecule has 2 aliphatic rings. The summed E-state index contributed by atoms with van der Waals surface area (Å²) in [7, 11) is -3.55. The van der Waals surface area contributed by atoms with E-state index in [-0.39, 0.29) is 10.8 Å². The summed E-state index contributed by atoms with van der Waals surface area (Å²) < 4.78 is 28.3. The van der Waals surface area contributed by atoms with Crippen molar-refractivity contribution in [3.63, 3.8) is 0 Å². The average Bonchev–Trinajstić information content (AvgIpc) is 2.96. The molecule has 1 amide bonds. The normalized spacial score (nSPS) is 19.5. The molecule has 2 heterocycles. The second-order valence-corrected chi connectivity index (χ2v) is 9.41. The van der Waals surface area contributed by atoms with Gasteiger partial charge >= 0.3 is 0 Å². The van der Waals surface area contributed by atoms with Crippen LogP contribution in [0.3, 0.4) is 0 Å². The Morgan fingerprint density at radius 2 is 1.92 bits per heavy atom. The lowest BCUT2D eigenvalue weighted by Crippen LogP contribution is -2.38. The Morgan fingerprint density at radius 1 is 1.25 bits per heavy atom. The molecule has 0 radical (unpaired) electrons. The fourth-order valence-corrected chi connectivity index (χ4v) is 5.94. The molecule has 132 valence electrons. The van der Waals surface area contributed by atoms with Gasteiger partial charge in [-0.3, -0.25) is 4.79 Å². The molecule has 0 aromatic heterocycles. The highest BCUT2D eigenvalue weighted by molar-refractivity contribution is 9.10. The quantitative estimate of drug-likeness (QED) is 0.762. The number of halogens is 1. The fraction of sp³-hybridized carbons (Fsp3) is 0.588. The molecule has 0 aliphatic carbocycles. The van der Waals surface area contributed by atoms with Crippen molar-refractivity contribution < 1.29 is 13.2 Å². The van der Waals surface area contributed by atoms with E-state index in [1.54, 1.807) is 15.3 Å². The molecule has 7 heteroatoms. The number of hydrogen-bond donors (Lipinski definition) is 0. The van der Waals surface area contributed by atoms with Crippen LogP contribution in [-0.4, -0.2) is 38.3 Å². The van der Waals surface area contributed by atoms with E-state index >= 15 is 0 Å². The number of carbonyl (C=O) groups excluding carboxylic acids is 1. The van der Waals surface area contributed by atoms with Crippen molar-refractivity contribution in [2.75, 3.05) is 24.5 Å². The molecule has 3 rings (SSSR count). The second kappa shape index (κ2) is 6.77. The van der Waals surface area contributed by atoms with Gasteiger partial charge in [0.25, 0.3) is 0 Å². The van der Waals surface area contributed by atoms with Crippen LogP contribution in [0.15, 0.2) is 21.5 Å². The molecule has 1 fully saturated rings. The molecule has 5 nitrogen and oxygen atoms in total. The maximum atomic E-state index is 13.1. The van der Waals surface area contributed by atoms with Gasteiger partial charge < -0.3 is 4.90 Å². The number of piperidine rings is 1. The summed E-state index contributed by atoms with van der Waals surface area (Å²) in [6, 6.07) is 3.53. The van der Waals surface area contributed by atoms with Crippen LogP contribution in [0.2, 0.25) is 0 Å². The van der Waals surface area contributed by atoms with Gasteiger partial charge in [-0.05, 0) is 58.8 Å². The molecular weight excluding hydrogens is 392 g/mol. The maximum Gasteiger partial charge on any atom is 0.244 e. The summed E-state index contributed by atoms with van der Waals surface area (Å²) in [5, 5.41) is 0. The fourth-order valence-electron chi connectivity index (χ4n) is 3.40. The number of benzene rings is 1. The Morgan fingerprint density at radius 3 is 2.54 bits per heavy atom. The summed E-state index contributed by atoms with van der Waals surface area (Å²) >= 11 is 3.43. The summed E-state index contributed by atoms with van der Waals surface area (Å²) in [5.74, 6) is 0.601. The van der Waals surface area contributed by atoms with E-state index in [0.717, 1.165) is 30.5 Å². The van der Waals surface area contributed by atoms with Gasteiger partial charge in [0.05, 0.1) is 4.90 Å². The first-order valence-electron chi connectivity index (χ1n) is 8.47. The lowest BCUT2D eigenvalue weighted by molar-refractivity contribution is -0.118. The number of fused-ring (bicyclic) bond motifs is 1. The van der Waals surface area contributed by atoms with Crippen molar-refractivity contribution in [2.24, 2.45) is 5.92 Å². The van der Waals surface area contributed by atoms with Gasteiger partial charge in [0.15, 0.2) is 0 Å². The lowest BCUT2D eigenvalue weighted by atomic mass is 10.0. The van der Waals surface area contributed by atoms with Crippen molar-refractivity contribution in [2.45, 2.75) is 44.4 Å². The van der Waals surface area contributed by atoms with Crippen LogP contribution in [0.4, 0.5) is 5.69 Å². The van der Waals surface area contributed by atoms with Gasteiger partial charge in [-0.25, -0.2) is 8.42 Å². The van der Waals surface area contributed by atoms with Gasteiger partial charge in [0.2, 0.25) is 15.9 Å². The molecule has 0 atom stereocenters. The number of nitrogens with zero attached hydrogens (tertiary/aromatic N) is 2. The molecule has 1 aromatic rings. The first kappa shape index (κ1) is 17.9. The molecule has 0 bridgehead atoms. The molecule has 1 aromatic carbocycles. The second-order valence-electron chi connectivity index (χ2n) is 6.65. The third kappa shape index (κ3) is 3.13. The van der Waals surface area contributed by atoms with E-state index < -0.39 is 10.0 Å². The number of carbonyl (C=O) groups is 1. The Kier molecular flexibility index (Phi) is 5.04. The minimum atomic E-state index is -3.55. The maximum absolute atomic E-state index is 13.1. The van der Waals surface area contributed by atoms with Gasteiger partial charge in [-0.1, -0.05) is 13.8 Å². The summed E-state index contributed by atoms with van der Waals surface area (Å²) in [5.41, 5.74) is 1.77. The van der Waals surface area contributed by atoms with Crippen LogP contribution in [0.5, 0.6) is 0 Å². The largest absolute Gasteiger partial charge is 0.312 e. The average molecular weight is 415 g/mol. The van der Waals surface area contributed by atoms with Gasteiger partial charge in [0.1, 0.15) is 0 Å². The zero-order chi connectivity index (χ0) is 17.5. The van der Waals surface area contributed by atoms with Crippen molar-refractivity contribution in [3.05, 3.63) is 22.2 Å². The number of hydrogen-bond acceptors (Lipinski definition) is 3. The number of amides is 1. The molecule has 2 aliphatic heterocycles. The van der Waals surface area contributed by atoms with E-state index in [4.69, 9.17) is 0 Å². The molecule has 0 saturated carbocycles. The van der Waals surface area contributed by atoms with E-state index in [9.17, 15) is 13.2 Å². The smallest absolute Gasteiger partial charge is 0.244 e. The van der Waals surface area contributed by atoms with Crippen molar-refractivity contribution in [1.29, 1.82) is 0 Å². The zero-order valence-electron chi connectivity index (χ0n) is 14.1. The Balaban J connectivity index is 1.98. The van der Waals surface area contributed by atoms with E-state index in [1.807, 2.05) is 13.0 Å². The summed E-state index contributed by atoms with van der Waals surface area (Å²) in [4.78, 5) is 14.1. The SMILES string of the molecule is CCC(=O)N1CCc2cc(Br)c(S(=O)(=O)N3CCC(C)CC3)cc21. The zero-order valence-corrected chi connectivity index (χ0v) is 16.5. The minimum absolute atomic E-state index is 0.0335. The summed E-state index contributed by atoms with van der Waals surface area (Å²) in [6.07, 6.45) is 2.97. The Labute approximate surface area is 152 Å². The highest BCUT2D eigenvalue weighted by atomic mass is 79.9. The van der Waals surface area contributed by atoms with E-state index in [2.05, 4.69) is 22.9 Å². The topological polar surface area (TPSA) is 57.7 Å². The molecule has 1 saturated heterocycles. The Bertz CT molecular complexity index is 755. The van der Waals surface area contributed by atoms with Crippen molar-refractivity contribution in [3.8, 4) is 0 Å². The molecular formula is C17H23BrN2O3S. The van der Waals surface area contributed by atoms with Crippen LogP contribution >= 0.6 is 15.9 Å². The third-order valence-corrected chi connectivity index (χ3v) is 7.85. The van der Waals surface area contributed by atoms with Crippen LogP contribution in [0, 0.1) is 5.92 Å². The molecule has 0 spiro atoms. The number of anilines is 1. The summed E-state index contributed by atoms with van der Waals surface area (Å²) in [6.45, 7) is 5.73. The van der Waals surface area contributed by atoms with Crippen LogP contribution in [0.25, 0.3) is 0 Å². The van der Waals surface area contributed by atoms with Gasteiger partial charge in [0, 0.05) is 36.2 Å². The first-order valence-corrected chi connectivity index (χ1v) is 10.7. The first-order chi connectivity index (χ1) is 11.3. The van der Waals surface area contributed by atoms with E-state index in [1.165, 1.54) is 0 Å². The lowest BCUT2D eigenvalue weighted by Gasteiger charge is -2.30. The predicted molar refractivity (Wildman–Crippen MR) is 97.6 cm³/mol. The number of sulfonamides is 1. The Hall–Kier alpha value is -0.920. The molecule has 24 heavy (non-hydrogen) atoms. The molecule has 0 N–H and O–H groups in total. The van der Waals surface area contributed by atoms with Crippen molar-refractivity contribution >= 4 is 37.5 Å². The van der Waals surface area contributed by atoms with Crippen LogP contribution < -0.4 is 4.90 Å². The van der Waals surface area contributed by atoms with Gasteiger partial charge in [-0.15, -0.1) is 0 Å². The van der Waals surface area contributed by atoms with Crippen molar-refractivity contribution in [1.82, 2.24) is 4.31 Å². The highest BCUT2D eigenvalue weighted by Gasteiger charge is 2.32. The van der Waals surface area contributed by atoms with Crippen LogP contribution in [0.1, 0.15) is 38.7 Å². The standard InChI is InChI=1S/C17H23BrN2O3S/c1-3-17(21)20-9-6-13-10-14(18)16(11-15(13)20)24(22,23)19-7-4-12(2)5-8-19/h10-12H,3-9H2,1-2H3. The highest BCUT2D eigenvalue weighted by Crippen LogP contribution is 2.37. The van der Waals surface area contributed by atoms with Crippen LogP contribution in [-0.2, 0) is 21.2 Å². The van der Waals surface area contributed by atoms with Gasteiger partial charge in [-0.2, -0.15) is 4.31 Å².